The van der Waals surface area contributed by atoms with Crippen molar-refractivity contribution in [3.63, 3.8) is 0 Å². The highest BCUT2D eigenvalue weighted by molar-refractivity contribution is 6.03. The van der Waals surface area contributed by atoms with Crippen molar-refractivity contribution in [1.82, 2.24) is 4.57 Å². The summed E-state index contributed by atoms with van der Waals surface area (Å²) in [5, 5.41) is 1.17. The Morgan fingerprint density at radius 3 is 2.23 bits per heavy atom. The van der Waals surface area contributed by atoms with Gasteiger partial charge in [0, 0.05) is 16.6 Å². The fourth-order valence-corrected chi connectivity index (χ4v) is 3.57. The number of aromatic nitrogens is 1. The summed E-state index contributed by atoms with van der Waals surface area (Å²) in [5.41, 5.74) is 6.20. The zero-order valence-electron chi connectivity index (χ0n) is 15.1. The third-order valence-electron chi connectivity index (χ3n) is 4.94. The topological polar surface area (TPSA) is 22.0 Å². The molecule has 0 unspecified atom stereocenters. The summed E-state index contributed by atoms with van der Waals surface area (Å²) in [4.78, 5) is 13.2. The molecular weight excluding hydrogens is 318 g/mol. The predicted octanol–water partition coefficient (Wildman–Crippen LogP) is 5.87. The minimum Gasteiger partial charge on any atom is -0.280 e. The zero-order valence-corrected chi connectivity index (χ0v) is 15.1. The molecule has 0 saturated carbocycles. The standard InChI is InChI=1S/C24H21NO/c1-3-18-10-7-11-23-22(18)16-17(2)25(23)24(26)21-14-12-20(13-15-21)19-8-5-4-6-9-19/h4-16H,3H2,1-2H3. The molecule has 4 aromatic rings. The first-order valence-electron chi connectivity index (χ1n) is 8.99. The Morgan fingerprint density at radius 2 is 1.54 bits per heavy atom. The zero-order chi connectivity index (χ0) is 18.1. The fraction of sp³-hybridized carbons (Fsp3) is 0.125. The number of benzene rings is 3. The molecule has 0 saturated heterocycles. The number of carbonyl (C=O) groups is 1. The molecule has 0 N–H and O–H groups in total. The van der Waals surface area contributed by atoms with E-state index in [-0.39, 0.29) is 5.91 Å². The Kier molecular flexibility index (Phi) is 4.18. The Hall–Kier alpha value is -3.13. The van der Waals surface area contributed by atoms with Crippen LogP contribution in [-0.4, -0.2) is 10.5 Å². The summed E-state index contributed by atoms with van der Waals surface area (Å²) in [6.45, 7) is 4.14. The number of hydrogen-bond acceptors (Lipinski definition) is 1. The second kappa shape index (κ2) is 6.64. The van der Waals surface area contributed by atoms with Gasteiger partial charge in [0.05, 0.1) is 5.52 Å². The smallest absolute Gasteiger partial charge is 0.262 e. The van der Waals surface area contributed by atoms with Gasteiger partial charge >= 0.3 is 0 Å². The minimum atomic E-state index is 0.0189. The Balaban J connectivity index is 1.75. The summed E-state index contributed by atoms with van der Waals surface area (Å²) >= 11 is 0. The van der Waals surface area contributed by atoms with Gasteiger partial charge in [0.1, 0.15) is 0 Å². The Labute approximate surface area is 153 Å². The largest absolute Gasteiger partial charge is 0.280 e. The SMILES string of the molecule is CCc1cccc2c1cc(C)n2C(=O)c1ccc(-c2ccccc2)cc1. The van der Waals surface area contributed by atoms with Crippen molar-refractivity contribution in [2.75, 3.05) is 0 Å². The molecule has 0 fully saturated rings. The molecule has 0 aliphatic carbocycles. The third-order valence-corrected chi connectivity index (χ3v) is 4.94. The molecule has 0 aliphatic rings. The van der Waals surface area contributed by atoms with Gasteiger partial charge in [-0.1, -0.05) is 61.5 Å². The van der Waals surface area contributed by atoms with Crippen molar-refractivity contribution in [3.05, 3.63) is 95.7 Å². The maximum absolute atomic E-state index is 13.2. The molecular formula is C24H21NO. The van der Waals surface area contributed by atoms with Crippen LogP contribution in [0.3, 0.4) is 0 Å². The van der Waals surface area contributed by atoms with Crippen molar-refractivity contribution in [1.29, 1.82) is 0 Å². The highest BCUT2D eigenvalue weighted by Crippen LogP contribution is 2.26. The van der Waals surface area contributed by atoms with E-state index in [9.17, 15) is 4.79 Å². The van der Waals surface area contributed by atoms with Crippen LogP contribution in [0.15, 0.2) is 78.9 Å². The van der Waals surface area contributed by atoms with Gasteiger partial charge in [-0.2, -0.15) is 0 Å². The van der Waals surface area contributed by atoms with E-state index >= 15 is 0 Å². The fourth-order valence-electron chi connectivity index (χ4n) is 3.57. The van der Waals surface area contributed by atoms with Crippen molar-refractivity contribution >= 4 is 16.8 Å². The first kappa shape index (κ1) is 16.3. The molecule has 0 aliphatic heterocycles. The molecule has 26 heavy (non-hydrogen) atoms. The quantitative estimate of drug-likeness (QED) is 0.458. The van der Waals surface area contributed by atoms with E-state index in [0.29, 0.717) is 5.56 Å². The molecule has 3 aromatic carbocycles. The molecule has 0 atom stereocenters. The van der Waals surface area contributed by atoms with E-state index in [1.807, 2.05) is 66.1 Å². The van der Waals surface area contributed by atoms with E-state index in [4.69, 9.17) is 0 Å². The van der Waals surface area contributed by atoms with Crippen LogP contribution < -0.4 is 0 Å². The van der Waals surface area contributed by atoms with Crippen LogP contribution in [0.1, 0.15) is 28.5 Å². The maximum Gasteiger partial charge on any atom is 0.262 e. The first-order valence-corrected chi connectivity index (χ1v) is 8.99. The number of carbonyl (C=O) groups excluding carboxylic acids is 1. The number of hydrogen-bond donors (Lipinski definition) is 0. The molecule has 2 nitrogen and oxygen atoms in total. The van der Waals surface area contributed by atoms with E-state index in [2.05, 4.69) is 31.2 Å². The van der Waals surface area contributed by atoms with Crippen LogP contribution >= 0.6 is 0 Å². The Bertz CT molecular complexity index is 1070. The minimum absolute atomic E-state index is 0.0189. The second-order valence-electron chi connectivity index (χ2n) is 6.57. The van der Waals surface area contributed by atoms with E-state index in [1.54, 1.807) is 0 Å². The van der Waals surface area contributed by atoms with Gasteiger partial charge in [-0.05, 0) is 54.3 Å². The van der Waals surface area contributed by atoms with Crippen LogP contribution in [-0.2, 0) is 6.42 Å². The van der Waals surface area contributed by atoms with Gasteiger partial charge in [0.25, 0.3) is 5.91 Å². The molecule has 1 aromatic heterocycles. The average Bonchev–Trinajstić information content (AvgIpc) is 3.04. The Morgan fingerprint density at radius 1 is 0.846 bits per heavy atom. The number of nitrogens with zero attached hydrogens (tertiary/aromatic N) is 1. The second-order valence-corrected chi connectivity index (χ2v) is 6.57. The van der Waals surface area contributed by atoms with Crippen molar-refractivity contribution in [3.8, 4) is 11.1 Å². The summed E-state index contributed by atoms with van der Waals surface area (Å²) in [6, 6.07) is 26.4. The summed E-state index contributed by atoms with van der Waals surface area (Å²) in [7, 11) is 0. The first-order chi connectivity index (χ1) is 12.7. The average molecular weight is 339 g/mol. The monoisotopic (exact) mass is 339 g/mol. The molecule has 4 rings (SSSR count). The van der Waals surface area contributed by atoms with Crippen LogP contribution in [0.4, 0.5) is 0 Å². The van der Waals surface area contributed by atoms with Crippen LogP contribution in [0.25, 0.3) is 22.0 Å². The van der Waals surface area contributed by atoms with Gasteiger partial charge in [0.2, 0.25) is 0 Å². The molecule has 128 valence electrons. The lowest BCUT2D eigenvalue weighted by atomic mass is 10.0. The summed E-state index contributed by atoms with van der Waals surface area (Å²) in [5.74, 6) is 0.0189. The molecule has 1 heterocycles. The summed E-state index contributed by atoms with van der Waals surface area (Å²) in [6.07, 6.45) is 0.959. The highest BCUT2D eigenvalue weighted by atomic mass is 16.2. The van der Waals surface area contributed by atoms with Gasteiger partial charge in [-0.25, -0.2) is 0 Å². The van der Waals surface area contributed by atoms with Crippen molar-refractivity contribution < 1.29 is 4.79 Å². The van der Waals surface area contributed by atoms with Crippen molar-refractivity contribution in [2.24, 2.45) is 0 Å². The number of aryl methyl sites for hydroxylation is 2. The molecule has 0 radical (unpaired) electrons. The molecule has 0 spiro atoms. The van der Waals surface area contributed by atoms with E-state index in [0.717, 1.165) is 28.8 Å². The summed E-state index contributed by atoms with van der Waals surface area (Å²) < 4.78 is 1.83. The number of rotatable bonds is 3. The lowest BCUT2D eigenvalue weighted by Crippen LogP contribution is -2.13. The van der Waals surface area contributed by atoms with Crippen LogP contribution in [0, 0.1) is 6.92 Å². The van der Waals surface area contributed by atoms with Crippen LogP contribution in [0.2, 0.25) is 0 Å². The highest BCUT2D eigenvalue weighted by Gasteiger charge is 2.16. The lowest BCUT2D eigenvalue weighted by molar-refractivity contribution is 0.0963. The van der Waals surface area contributed by atoms with Gasteiger partial charge < -0.3 is 0 Å². The molecule has 2 heteroatoms. The predicted molar refractivity (Wildman–Crippen MR) is 108 cm³/mol. The molecule has 0 bridgehead atoms. The van der Waals surface area contributed by atoms with E-state index in [1.165, 1.54) is 10.9 Å². The normalized spacial score (nSPS) is 11.0. The van der Waals surface area contributed by atoms with Crippen molar-refractivity contribution in [2.45, 2.75) is 20.3 Å². The van der Waals surface area contributed by atoms with Gasteiger partial charge in [-0.3, -0.25) is 9.36 Å². The van der Waals surface area contributed by atoms with E-state index < -0.39 is 0 Å². The third kappa shape index (κ3) is 2.74. The van der Waals surface area contributed by atoms with Crippen LogP contribution in [0.5, 0.6) is 0 Å². The maximum atomic E-state index is 13.2. The van der Waals surface area contributed by atoms with Gasteiger partial charge in [-0.15, -0.1) is 0 Å². The number of fused-ring (bicyclic) bond motifs is 1. The lowest BCUT2D eigenvalue weighted by Gasteiger charge is -2.09. The molecule has 0 amide bonds. The van der Waals surface area contributed by atoms with Gasteiger partial charge in [0.15, 0.2) is 0 Å².